The van der Waals surface area contributed by atoms with Gasteiger partial charge in [0.1, 0.15) is 6.04 Å². The van der Waals surface area contributed by atoms with Crippen LogP contribution in [0, 0.1) is 11.8 Å². The fraction of sp³-hybridized carbons (Fsp3) is 0.810. The molecular weight excluding hydrogens is 422 g/mol. The van der Waals surface area contributed by atoms with Crippen LogP contribution in [0.5, 0.6) is 0 Å². The molecule has 3 N–H and O–H groups in total. The molecule has 0 bridgehead atoms. The number of carboxylic acid groups (broad SMARTS) is 1. The summed E-state index contributed by atoms with van der Waals surface area (Å²) in [7, 11) is 0. The summed E-state index contributed by atoms with van der Waals surface area (Å²) in [6, 6.07) is -1.80. The number of carbonyl (C=O) groups is 4. The van der Waals surface area contributed by atoms with Crippen LogP contribution in [0.15, 0.2) is 0 Å². The van der Waals surface area contributed by atoms with E-state index >= 15 is 0 Å². The second-order valence-electron chi connectivity index (χ2n) is 8.46. The number of aliphatic carboxylic acids is 1. The van der Waals surface area contributed by atoms with Gasteiger partial charge in [0.25, 0.3) is 0 Å². The Morgan fingerprint density at radius 3 is 2.48 bits per heavy atom. The summed E-state index contributed by atoms with van der Waals surface area (Å²) >= 11 is 1.48. The smallest absolute Gasteiger partial charge is 0.329 e. The first-order valence-corrected chi connectivity index (χ1v) is 12.3. The van der Waals surface area contributed by atoms with Crippen LogP contribution in [0.1, 0.15) is 66.2 Å². The van der Waals surface area contributed by atoms with Crippen LogP contribution in [0.25, 0.3) is 0 Å². The molecule has 0 saturated carbocycles. The van der Waals surface area contributed by atoms with E-state index in [1.807, 2.05) is 34.0 Å². The Balaban J connectivity index is 3.08. The number of hydrogen-bond donors (Lipinski definition) is 3. The predicted molar refractivity (Wildman–Crippen MR) is 119 cm³/mol. The largest absolute Gasteiger partial charge is 0.480 e. The van der Waals surface area contributed by atoms with Crippen LogP contribution in [0.3, 0.4) is 0 Å². The number of thioether (sulfide) groups is 1. The minimum Gasteiger partial charge on any atom is -0.480 e. The Hall–Kier alpha value is -1.81. The summed E-state index contributed by atoms with van der Waals surface area (Å²) in [6.45, 7) is 7.73. The Kier molecular flexibility index (Phi) is 11.9. The number of amides is 3. The molecule has 1 rings (SSSR count). The third-order valence-electron chi connectivity index (χ3n) is 5.16. The van der Waals surface area contributed by atoms with Crippen molar-refractivity contribution in [3.05, 3.63) is 0 Å². The molecule has 0 aromatic rings. The lowest BCUT2D eigenvalue weighted by molar-refractivity contribution is -0.233. The molecule has 9 nitrogen and oxygen atoms in total. The number of hydroxylamine groups is 2. The van der Waals surface area contributed by atoms with Gasteiger partial charge in [0, 0.05) is 12.8 Å². The lowest BCUT2D eigenvalue weighted by Gasteiger charge is -2.33. The molecule has 0 aromatic heterocycles. The summed E-state index contributed by atoms with van der Waals surface area (Å²) in [6.07, 6.45) is 3.24. The molecule has 0 aliphatic carbocycles. The molecule has 1 saturated heterocycles. The van der Waals surface area contributed by atoms with E-state index in [1.54, 1.807) is 0 Å². The normalized spacial score (nSPS) is 18.9. The molecule has 1 heterocycles. The number of rotatable bonds is 14. The Labute approximate surface area is 189 Å². The van der Waals surface area contributed by atoms with Crippen molar-refractivity contribution in [3.8, 4) is 0 Å². The van der Waals surface area contributed by atoms with Crippen molar-refractivity contribution >= 4 is 35.5 Å². The Morgan fingerprint density at radius 2 is 2.00 bits per heavy atom. The number of nitrogens with one attached hydrogen (secondary N) is 2. The summed E-state index contributed by atoms with van der Waals surface area (Å²) in [5, 5.41) is 16.1. The summed E-state index contributed by atoms with van der Waals surface area (Å²) in [4.78, 5) is 54.9. The highest BCUT2D eigenvalue weighted by Crippen LogP contribution is 2.19. The monoisotopic (exact) mass is 459 g/mol. The van der Waals surface area contributed by atoms with Crippen molar-refractivity contribution in [2.45, 2.75) is 84.5 Å². The average Bonchev–Trinajstić information content (AvgIpc) is 3.12. The van der Waals surface area contributed by atoms with E-state index < -0.39 is 36.1 Å². The van der Waals surface area contributed by atoms with Gasteiger partial charge in [-0.1, -0.05) is 34.1 Å². The van der Waals surface area contributed by atoms with E-state index in [9.17, 15) is 24.3 Å². The zero-order valence-corrected chi connectivity index (χ0v) is 20.0. The molecule has 10 heteroatoms. The first kappa shape index (κ1) is 27.2. The van der Waals surface area contributed by atoms with Gasteiger partial charge in [0.2, 0.25) is 17.7 Å². The van der Waals surface area contributed by atoms with Gasteiger partial charge in [0.05, 0.1) is 0 Å². The van der Waals surface area contributed by atoms with Crippen LogP contribution < -0.4 is 10.6 Å². The lowest BCUT2D eigenvalue weighted by Crippen LogP contribution is -2.53. The van der Waals surface area contributed by atoms with Gasteiger partial charge in [-0.15, -0.1) is 0 Å². The van der Waals surface area contributed by atoms with Gasteiger partial charge in [-0.05, 0) is 43.1 Å². The van der Waals surface area contributed by atoms with Crippen molar-refractivity contribution in [1.82, 2.24) is 15.7 Å². The second kappa shape index (κ2) is 13.6. The van der Waals surface area contributed by atoms with Crippen molar-refractivity contribution in [1.29, 1.82) is 0 Å². The quantitative estimate of drug-likeness (QED) is 0.268. The van der Waals surface area contributed by atoms with Crippen molar-refractivity contribution in [2.24, 2.45) is 11.8 Å². The van der Waals surface area contributed by atoms with Gasteiger partial charge in [-0.2, -0.15) is 11.8 Å². The minimum atomic E-state index is -1.15. The van der Waals surface area contributed by atoms with Gasteiger partial charge in [-0.25, -0.2) is 14.7 Å². The number of carbonyl (C=O) groups excluding carboxylic acids is 3. The molecule has 31 heavy (non-hydrogen) atoms. The van der Waals surface area contributed by atoms with Crippen molar-refractivity contribution in [2.75, 3.05) is 12.0 Å². The molecular formula is C21H37N3O6S. The van der Waals surface area contributed by atoms with Gasteiger partial charge in [0.15, 0.2) is 12.3 Å². The highest BCUT2D eigenvalue weighted by molar-refractivity contribution is 7.98. The molecule has 0 spiro atoms. The zero-order chi connectivity index (χ0) is 23.6. The van der Waals surface area contributed by atoms with Crippen LogP contribution >= 0.6 is 11.8 Å². The highest BCUT2D eigenvalue weighted by atomic mass is 32.2. The average molecular weight is 460 g/mol. The molecule has 1 unspecified atom stereocenters. The van der Waals surface area contributed by atoms with Crippen molar-refractivity contribution < 1.29 is 29.1 Å². The molecule has 1 aliphatic rings. The topological polar surface area (TPSA) is 125 Å². The summed E-state index contributed by atoms with van der Waals surface area (Å²) in [5.74, 6) is -1.43. The molecule has 1 fully saturated rings. The lowest BCUT2D eigenvalue weighted by atomic mass is 10.0. The predicted octanol–water partition coefficient (Wildman–Crippen LogP) is 2.16. The van der Waals surface area contributed by atoms with E-state index in [0.717, 1.165) is 11.5 Å². The molecule has 4 atom stereocenters. The fourth-order valence-corrected chi connectivity index (χ4v) is 3.64. The minimum absolute atomic E-state index is 0.0184. The van der Waals surface area contributed by atoms with Crippen molar-refractivity contribution in [3.63, 3.8) is 0 Å². The Morgan fingerprint density at radius 1 is 1.32 bits per heavy atom. The third kappa shape index (κ3) is 9.47. The van der Waals surface area contributed by atoms with Crippen LogP contribution in [-0.2, 0) is 24.0 Å². The van der Waals surface area contributed by atoms with Gasteiger partial charge in [-0.3, -0.25) is 14.4 Å². The number of hydrogen-bond acceptors (Lipinski definition) is 6. The summed E-state index contributed by atoms with van der Waals surface area (Å²) in [5.41, 5.74) is 0. The maximum absolute atomic E-state index is 12.9. The molecule has 0 aromatic carbocycles. The first-order chi connectivity index (χ1) is 14.6. The van der Waals surface area contributed by atoms with Crippen LogP contribution in [0.2, 0.25) is 0 Å². The van der Waals surface area contributed by atoms with E-state index in [1.165, 1.54) is 11.8 Å². The van der Waals surface area contributed by atoms with E-state index in [0.29, 0.717) is 18.6 Å². The van der Waals surface area contributed by atoms with Crippen LogP contribution in [0.4, 0.5) is 0 Å². The number of carboxylic acids is 1. The maximum Gasteiger partial charge on any atom is 0.329 e. The summed E-state index contributed by atoms with van der Waals surface area (Å²) < 4.78 is 0. The highest BCUT2D eigenvalue weighted by Gasteiger charge is 2.35. The second-order valence-corrected chi connectivity index (χ2v) is 9.45. The Bertz CT molecular complexity index is 630. The number of nitrogens with zero attached hydrogens (tertiary/aromatic N) is 1. The SMILES string of the molecule is CC[C@H](C)CC(NC(=O)[C@@H]1CCC(=O)N1)ON(C(=O)CC(C)C)[C@@H](CCSC)C(=O)O. The zero-order valence-electron chi connectivity index (χ0n) is 19.2. The third-order valence-corrected chi connectivity index (χ3v) is 5.81. The van der Waals surface area contributed by atoms with E-state index in [2.05, 4.69) is 10.6 Å². The maximum atomic E-state index is 12.9. The van der Waals surface area contributed by atoms with Gasteiger partial charge < -0.3 is 15.7 Å². The molecule has 1 aliphatic heterocycles. The van der Waals surface area contributed by atoms with E-state index in [-0.39, 0.29) is 37.0 Å². The van der Waals surface area contributed by atoms with Gasteiger partial charge >= 0.3 is 5.97 Å². The van der Waals surface area contributed by atoms with E-state index in [4.69, 9.17) is 4.84 Å². The first-order valence-electron chi connectivity index (χ1n) is 10.9. The fourth-order valence-electron chi connectivity index (χ4n) is 3.18. The van der Waals surface area contributed by atoms with Crippen LogP contribution in [-0.4, -0.2) is 64.2 Å². The molecule has 178 valence electrons. The molecule has 3 amide bonds. The standard InChI is InChI=1S/C21H37N3O6S/c1-6-14(4)12-18(23-20(27)15-7-8-17(25)22-15)30-24(19(26)11-13(2)3)16(21(28)29)9-10-31-5/h13-16,18H,6-12H2,1-5H3,(H,22,25)(H,23,27)(H,28,29)/t14-,15-,16-,18?/m0/s1. The molecule has 0 radical (unpaired) electrons.